The molecule has 2 aromatic rings. The molecule has 0 aliphatic carbocycles. The zero-order valence-corrected chi connectivity index (χ0v) is 21.8. The van der Waals surface area contributed by atoms with Gasteiger partial charge < -0.3 is 31.3 Å². The Labute approximate surface area is 213 Å². The standard InChI is InChI=1S/C24H37N5O.2ClH.Mn/c1-2-4-22(5-3-1)20-30-24-8-6-21(7-9-24)18-23-19-28-15-14-26-11-10-25-12-13-27-16-17-29-23;;;/h1-9,23,25-29H,10-20H2;2*1H;/q;;;+2/p-2/t23-;;;/m0.../s1. The molecule has 9 heteroatoms. The molecule has 33 heavy (non-hydrogen) atoms. The van der Waals surface area contributed by atoms with Gasteiger partial charge in [0.05, 0.1) is 0 Å². The summed E-state index contributed by atoms with van der Waals surface area (Å²) in [7, 11) is 9.59. The number of benzene rings is 2. The predicted molar refractivity (Wildman–Crippen MR) is 136 cm³/mol. The van der Waals surface area contributed by atoms with Crippen LogP contribution in [0.15, 0.2) is 54.6 Å². The van der Waals surface area contributed by atoms with Crippen molar-refractivity contribution in [2.24, 2.45) is 0 Å². The Morgan fingerprint density at radius 2 is 1.24 bits per heavy atom. The van der Waals surface area contributed by atoms with Crippen molar-refractivity contribution in [2.75, 3.05) is 58.9 Å². The van der Waals surface area contributed by atoms with E-state index < -0.39 is 0 Å². The van der Waals surface area contributed by atoms with Gasteiger partial charge in [0, 0.05) is 64.9 Å². The van der Waals surface area contributed by atoms with Crippen LogP contribution in [0.25, 0.3) is 0 Å². The second kappa shape index (κ2) is 19.4. The Hall–Kier alpha value is -0.861. The maximum atomic E-state index is 5.91. The molecule has 1 aliphatic heterocycles. The van der Waals surface area contributed by atoms with Crippen LogP contribution in [-0.4, -0.2) is 64.9 Å². The Morgan fingerprint density at radius 1 is 0.697 bits per heavy atom. The molecule has 1 fully saturated rings. The predicted octanol–water partition coefficient (Wildman–Crippen LogP) is 2.51. The van der Waals surface area contributed by atoms with E-state index in [2.05, 4.69) is 63.0 Å². The van der Waals surface area contributed by atoms with Gasteiger partial charge >= 0.3 is 33.3 Å². The molecule has 0 aromatic heterocycles. The fourth-order valence-electron chi connectivity index (χ4n) is 3.51. The SMILES string of the molecule is [Cl][Mn][Cl].c1ccc(COc2ccc(C[C@H]3CNCCNCCNCCNCCN3)cc2)cc1. The van der Waals surface area contributed by atoms with Crippen LogP contribution in [-0.2, 0) is 26.2 Å². The maximum Gasteiger partial charge on any atom is 0.119 e. The molecular weight excluding hydrogens is 500 g/mol. The van der Waals surface area contributed by atoms with E-state index in [9.17, 15) is 0 Å². The first-order chi connectivity index (χ1) is 16.3. The molecule has 0 saturated carbocycles. The summed E-state index contributed by atoms with van der Waals surface area (Å²) >= 11 is 0.00694. The fourth-order valence-corrected chi connectivity index (χ4v) is 3.51. The summed E-state index contributed by atoms with van der Waals surface area (Å²) < 4.78 is 5.91. The molecule has 1 heterocycles. The molecule has 1 atom stereocenters. The normalized spacial score (nSPS) is 18.8. The molecule has 0 spiro atoms. The summed E-state index contributed by atoms with van der Waals surface area (Å²) in [5.41, 5.74) is 2.51. The van der Waals surface area contributed by atoms with Crippen LogP contribution in [0.3, 0.4) is 0 Å². The van der Waals surface area contributed by atoms with Gasteiger partial charge in [0.1, 0.15) is 12.4 Å². The quantitative estimate of drug-likeness (QED) is 0.378. The Kier molecular flexibility index (Phi) is 16.7. The summed E-state index contributed by atoms with van der Waals surface area (Å²) in [6.07, 6.45) is 1.00. The summed E-state index contributed by atoms with van der Waals surface area (Å²) in [6.45, 7) is 9.58. The topological polar surface area (TPSA) is 69.4 Å². The minimum Gasteiger partial charge on any atom is -0.489 e. The van der Waals surface area contributed by atoms with Gasteiger partial charge in [-0.25, -0.2) is 0 Å². The summed E-state index contributed by atoms with van der Waals surface area (Å²) in [4.78, 5) is 0. The van der Waals surface area contributed by atoms with Gasteiger partial charge in [-0.05, 0) is 29.7 Å². The Balaban J connectivity index is 0.00000122. The van der Waals surface area contributed by atoms with Crippen molar-refractivity contribution in [3.63, 3.8) is 0 Å². The van der Waals surface area contributed by atoms with Crippen molar-refractivity contribution in [2.45, 2.75) is 19.1 Å². The molecule has 2 aromatic carbocycles. The van der Waals surface area contributed by atoms with Crippen LogP contribution >= 0.6 is 20.2 Å². The number of nitrogens with one attached hydrogen (secondary N) is 5. The van der Waals surface area contributed by atoms with Crippen LogP contribution in [0, 0.1) is 0 Å². The largest absolute Gasteiger partial charge is 0.489 e. The zero-order chi connectivity index (χ0) is 23.4. The van der Waals surface area contributed by atoms with Crippen molar-refractivity contribution in [1.82, 2.24) is 26.6 Å². The molecule has 6 nitrogen and oxygen atoms in total. The van der Waals surface area contributed by atoms with E-state index in [0.717, 1.165) is 71.1 Å². The van der Waals surface area contributed by atoms with Crippen molar-refractivity contribution in [1.29, 1.82) is 0 Å². The summed E-state index contributed by atoms with van der Waals surface area (Å²) in [5.74, 6) is 0.916. The van der Waals surface area contributed by atoms with Crippen molar-refractivity contribution < 1.29 is 17.9 Å². The van der Waals surface area contributed by atoms with E-state index in [1.54, 1.807) is 0 Å². The van der Waals surface area contributed by atoms with Crippen molar-refractivity contribution in [3.05, 3.63) is 65.7 Å². The molecular formula is C24H37Cl2MnN5O. The van der Waals surface area contributed by atoms with Gasteiger partial charge in [0.25, 0.3) is 0 Å². The average Bonchev–Trinajstić information content (AvgIpc) is 2.85. The second-order valence-corrected chi connectivity index (χ2v) is 9.73. The molecule has 0 unspecified atom stereocenters. The summed E-state index contributed by atoms with van der Waals surface area (Å²) in [6, 6.07) is 19.2. The Bertz CT molecular complexity index is 696. The average molecular weight is 537 g/mol. The third kappa shape index (κ3) is 14.2. The second-order valence-electron chi connectivity index (χ2n) is 7.78. The van der Waals surface area contributed by atoms with Gasteiger partial charge in [-0.2, -0.15) is 0 Å². The van der Waals surface area contributed by atoms with Gasteiger partial charge in [-0.15, -0.1) is 0 Å². The van der Waals surface area contributed by atoms with E-state index >= 15 is 0 Å². The molecule has 185 valence electrons. The number of ether oxygens (including phenoxy) is 1. The van der Waals surface area contributed by atoms with E-state index in [4.69, 9.17) is 24.9 Å². The van der Waals surface area contributed by atoms with E-state index in [0.29, 0.717) is 12.6 Å². The Morgan fingerprint density at radius 3 is 1.85 bits per heavy atom. The monoisotopic (exact) mass is 536 g/mol. The minimum absolute atomic E-state index is 0.00694. The van der Waals surface area contributed by atoms with Crippen LogP contribution in [0.5, 0.6) is 5.75 Å². The zero-order valence-electron chi connectivity index (χ0n) is 19.1. The third-order valence-corrected chi connectivity index (χ3v) is 5.21. The maximum absolute atomic E-state index is 5.91. The van der Waals surface area contributed by atoms with Crippen LogP contribution in [0.1, 0.15) is 11.1 Å². The number of hydrogen-bond acceptors (Lipinski definition) is 6. The number of rotatable bonds is 5. The number of hydrogen-bond donors (Lipinski definition) is 5. The molecule has 3 rings (SSSR count). The fraction of sp³-hybridized carbons (Fsp3) is 0.500. The van der Waals surface area contributed by atoms with Gasteiger partial charge in [-0.3, -0.25) is 0 Å². The summed E-state index contributed by atoms with van der Waals surface area (Å²) in [5, 5.41) is 17.7. The first-order valence-electron chi connectivity index (χ1n) is 11.5. The van der Waals surface area contributed by atoms with Crippen LogP contribution < -0.4 is 31.3 Å². The molecule has 0 radical (unpaired) electrons. The third-order valence-electron chi connectivity index (χ3n) is 5.21. The van der Waals surface area contributed by atoms with Gasteiger partial charge in [0.15, 0.2) is 0 Å². The minimum atomic E-state index is 0.00694. The molecule has 1 aliphatic rings. The van der Waals surface area contributed by atoms with E-state index in [1.807, 2.05) is 18.2 Å². The molecule has 0 bridgehead atoms. The molecule has 0 amide bonds. The first-order valence-corrected chi connectivity index (χ1v) is 14.8. The smallest absolute Gasteiger partial charge is 0.119 e. The molecule has 1 saturated heterocycles. The van der Waals surface area contributed by atoms with Crippen molar-refractivity contribution in [3.8, 4) is 5.75 Å². The first kappa shape index (κ1) is 28.4. The van der Waals surface area contributed by atoms with Gasteiger partial charge in [-0.1, -0.05) is 42.5 Å². The number of halogens is 2. The van der Waals surface area contributed by atoms with E-state index in [-0.39, 0.29) is 13.1 Å². The van der Waals surface area contributed by atoms with Crippen molar-refractivity contribution >= 4 is 20.2 Å². The van der Waals surface area contributed by atoms with Crippen LogP contribution in [0.4, 0.5) is 0 Å². The van der Waals surface area contributed by atoms with Gasteiger partial charge in [0.2, 0.25) is 0 Å². The van der Waals surface area contributed by atoms with E-state index in [1.165, 1.54) is 11.1 Å². The van der Waals surface area contributed by atoms with Crippen LogP contribution in [0.2, 0.25) is 0 Å². The molecule has 5 N–H and O–H groups in total.